The van der Waals surface area contributed by atoms with Gasteiger partial charge in [0.1, 0.15) is 0 Å². The van der Waals surface area contributed by atoms with Crippen LogP contribution in [0.25, 0.3) is 10.2 Å². The first-order chi connectivity index (χ1) is 10.2. The zero-order valence-electron chi connectivity index (χ0n) is 11.4. The molecule has 3 aromatic rings. The number of thiazole rings is 1. The molecule has 0 aliphatic rings. The number of fused-ring (bicyclic) bond motifs is 1. The first kappa shape index (κ1) is 15.0. The fourth-order valence-corrected chi connectivity index (χ4v) is 3.99. The number of hydrogen-bond donors (Lipinski definition) is 1. The summed E-state index contributed by atoms with van der Waals surface area (Å²) in [5, 5.41) is 5.22. The van der Waals surface area contributed by atoms with E-state index in [4.69, 9.17) is 16.6 Å². The highest BCUT2D eigenvalue weighted by Crippen LogP contribution is 2.33. The largest absolute Gasteiger partial charge is 0.313 e. The summed E-state index contributed by atoms with van der Waals surface area (Å²) in [5.41, 5.74) is 2.15. The van der Waals surface area contributed by atoms with Gasteiger partial charge in [-0.2, -0.15) is 0 Å². The van der Waals surface area contributed by atoms with Crippen LogP contribution in [0.3, 0.4) is 0 Å². The molecule has 3 rings (SSSR count). The lowest BCUT2D eigenvalue weighted by molar-refractivity contribution is 0.591. The van der Waals surface area contributed by atoms with Crippen LogP contribution in [-0.2, 0) is 6.42 Å². The summed E-state index contributed by atoms with van der Waals surface area (Å²) < 4.78 is 2.15. The minimum absolute atomic E-state index is 0.149. The molecule has 0 aliphatic carbocycles. The number of aromatic nitrogens is 1. The second-order valence-corrected chi connectivity index (χ2v) is 7.11. The van der Waals surface area contributed by atoms with Crippen LogP contribution in [0.5, 0.6) is 0 Å². The van der Waals surface area contributed by atoms with Gasteiger partial charge in [-0.1, -0.05) is 35.9 Å². The third kappa shape index (κ3) is 3.14. The van der Waals surface area contributed by atoms with Crippen molar-refractivity contribution < 1.29 is 0 Å². The molecule has 0 bridgehead atoms. The Kier molecular flexibility index (Phi) is 4.60. The molecule has 5 heteroatoms. The Bertz CT molecular complexity index is 739. The normalized spacial score (nSPS) is 12.7. The summed E-state index contributed by atoms with van der Waals surface area (Å²) in [7, 11) is 1.95. The summed E-state index contributed by atoms with van der Waals surface area (Å²) in [4.78, 5) is 4.70. The number of benzene rings is 2. The highest BCUT2D eigenvalue weighted by molar-refractivity contribution is 9.10. The second kappa shape index (κ2) is 6.44. The summed E-state index contributed by atoms with van der Waals surface area (Å²) in [5.74, 6) is 0. The molecular weight excluding hydrogens is 368 g/mol. The van der Waals surface area contributed by atoms with Crippen LogP contribution in [0.2, 0.25) is 5.02 Å². The Balaban J connectivity index is 1.92. The molecule has 0 saturated heterocycles. The van der Waals surface area contributed by atoms with Crippen molar-refractivity contribution in [1.82, 2.24) is 10.3 Å². The molecule has 0 aliphatic heterocycles. The number of para-hydroxylation sites is 1. The molecular formula is C16H14BrClN2S. The van der Waals surface area contributed by atoms with Gasteiger partial charge in [0.15, 0.2) is 0 Å². The van der Waals surface area contributed by atoms with E-state index >= 15 is 0 Å². The third-order valence-electron chi connectivity index (χ3n) is 3.42. The van der Waals surface area contributed by atoms with E-state index in [-0.39, 0.29) is 6.04 Å². The second-order valence-electron chi connectivity index (χ2n) is 4.76. The Labute approximate surface area is 141 Å². The highest BCUT2D eigenvalue weighted by Gasteiger charge is 2.17. The van der Waals surface area contributed by atoms with Crippen molar-refractivity contribution in [3.63, 3.8) is 0 Å². The molecule has 1 heterocycles. The van der Waals surface area contributed by atoms with Crippen LogP contribution >= 0.6 is 38.9 Å². The molecule has 0 radical (unpaired) electrons. The Morgan fingerprint density at radius 2 is 2.05 bits per heavy atom. The van der Waals surface area contributed by atoms with E-state index in [1.54, 1.807) is 11.3 Å². The van der Waals surface area contributed by atoms with Gasteiger partial charge in [0.2, 0.25) is 0 Å². The summed E-state index contributed by atoms with van der Waals surface area (Å²) in [6.07, 6.45) is 0.825. The lowest BCUT2D eigenvalue weighted by Gasteiger charge is -2.17. The first-order valence-electron chi connectivity index (χ1n) is 6.64. The fourth-order valence-electron chi connectivity index (χ4n) is 2.34. The zero-order valence-corrected chi connectivity index (χ0v) is 14.6. The molecule has 0 fully saturated rings. The van der Waals surface area contributed by atoms with Gasteiger partial charge in [0.25, 0.3) is 0 Å². The van der Waals surface area contributed by atoms with Crippen molar-refractivity contribution in [3.05, 3.63) is 62.5 Å². The molecule has 1 atom stereocenters. The number of rotatable bonds is 4. The van der Waals surface area contributed by atoms with Gasteiger partial charge < -0.3 is 5.32 Å². The molecule has 1 unspecified atom stereocenters. The average Bonchev–Trinajstić information content (AvgIpc) is 2.90. The third-order valence-corrected chi connectivity index (χ3v) is 5.79. The molecule has 1 N–H and O–H groups in total. The SMILES string of the molecule is CNC(Cc1nc2ccccc2s1)c1cccc(Br)c1Cl. The minimum atomic E-state index is 0.149. The maximum absolute atomic E-state index is 6.41. The minimum Gasteiger partial charge on any atom is -0.313 e. The lowest BCUT2D eigenvalue weighted by Crippen LogP contribution is -2.19. The standard InChI is InChI=1S/C16H14BrClN2S/c1-19-13(10-5-4-6-11(17)16(10)18)9-15-20-12-7-2-3-8-14(12)21-15/h2-8,13,19H,9H2,1H3. The van der Waals surface area contributed by atoms with Crippen LogP contribution in [0.15, 0.2) is 46.9 Å². The predicted molar refractivity (Wildman–Crippen MR) is 94.3 cm³/mol. The van der Waals surface area contributed by atoms with E-state index in [0.717, 1.165) is 32.0 Å². The number of likely N-dealkylation sites (N-methyl/N-ethyl adjacent to an activating group) is 1. The fraction of sp³-hybridized carbons (Fsp3) is 0.188. The number of hydrogen-bond acceptors (Lipinski definition) is 3. The van der Waals surface area contributed by atoms with E-state index in [1.165, 1.54) is 4.70 Å². The topological polar surface area (TPSA) is 24.9 Å². The lowest BCUT2D eigenvalue weighted by atomic mass is 10.0. The van der Waals surface area contributed by atoms with Crippen LogP contribution in [0.4, 0.5) is 0 Å². The summed E-state index contributed by atoms with van der Waals surface area (Å²) in [6.45, 7) is 0. The van der Waals surface area contributed by atoms with Crippen LogP contribution in [-0.4, -0.2) is 12.0 Å². The van der Waals surface area contributed by atoms with Crippen molar-refractivity contribution in [3.8, 4) is 0 Å². The smallest absolute Gasteiger partial charge is 0.0957 e. The van der Waals surface area contributed by atoms with Crippen molar-refractivity contribution in [1.29, 1.82) is 0 Å². The van der Waals surface area contributed by atoms with Gasteiger partial charge in [-0.15, -0.1) is 11.3 Å². The van der Waals surface area contributed by atoms with Crippen molar-refractivity contribution >= 4 is 49.1 Å². The molecule has 0 spiro atoms. The number of halogens is 2. The van der Waals surface area contributed by atoms with Crippen LogP contribution in [0.1, 0.15) is 16.6 Å². The van der Waals surface area contributed by atoms with Gasteiger partial charge in [-0.05, 0) is 46.7 Å². The summed E-state index contributed by atoms with van der Waals surface area (Å²) >= 11 is 11.6. The molecule has 108 valence electrons. The molecule has 0 amide bonds. The van der Waals surface area contributed by atoms with Gasteiger partial charge in [-0.25, -0.2) is 4.98 Å². The van der Waals surface area contributed by atoms with Gasteiger partial charge in [-0.3, -0.25) is 0 Å². The van der Waals surface area contributed by atoms with Gasteiger partial charge >= 0.3 is 0 Å². The Morgan fingerprint density at radius 3 is 2.81 bits per heavy atom. The first-order valence-corrected chi connectivity index (χ1v) is 8.63. The zero-order chi connectivity index (χ0) is 14.8. The monoisotopic (exact) mass is 380 g/mol. The highest BCUT2D eigenvalue weighted by atomic mass is 79.9. The van der Waals surface area contributed by atoms with E-state index in [1.807, 2.05) is 31.3 Å². The van der Waals surface area contributed by atoms with E-state index in [2.05, 4.69) is 39.4 Å². The van der Waals surface area contributed by atoms with Crippen molar-refractivity contribution in [2.45, 2.75) is 12.5 Å². The maximum atomic E-state index is 6.41. The summed E-state index contributed by atoms with van der Waals surface area (Å²) in [6, 6.07) is 14.4. The maximum Gasteiger partial charge on any atom is 0.0957 e. The van der Waals surface area contributed by atoms with Gasteiger partial charge in [0.05, 0.1) is 20.2 Å². The molecule has 2 nitrogen and oxygen atoms in total. The van der Waals surface area contributed by atoms with Crippen molar-refractivity contribution in [2.24, 2.45) is 0 Å². The van der Waals surface area contributed by atoms with E-state index < -0.39 is 0 Å². The Morgan fingerprint density at radius 1 is 1.24 bits per heavy atom. The average molecular weight is 382 g/mol. The van der Waals surface area contributed by atoms with E-state index in [0.29, 0.717) is 0 Å². The van der Waals surface area contributed by atoms with Crippen LogP contribution < -0.4 is 5.32 Å². The van der Waals surface area contributed by atoms with Gasteiger partial charge in [0, 0.05) is 16.9 Å². The predicted octanol–water partition coefficient (Wildman–Crippen LogP) is 5.22. The molecule has 2 aromatic carbocycles. The molecule has 0 saturated carbocycles. The molecule has 21 heavy (non-hydrogen) atoms. The van der Waals surface area contributed by atoms with Crippen molar-refractivity contribution in [2.75, 3.05) is 7.05 Å². The number of nitrogens with zero attached hydrogens (tertiary/aromatic N) is 1. The quantitative estimate of drug-likeness (QED) is 0.670. The van der Waals surface area contributed by atoms with E-state index in [9.17, 15) is 0 Å². The number of nitrogens with one attached hydrogen (secondary N) is 1. The Hall–Kier alpha value is -0.940. The van der Waals surface area contributed by atoms with Crippen LogP contribution in [0, 0.1) is 0 Å². The molecule has 1 aromatic heterocycles.